The largest absolute Gasteiger partial charge is 0.316 e. The first-order valence-corrected chi connectivity index (χ1v) is 7.44. The molecule has 1 aromatic heterocycles. The highest BCUT2D eigenvalue weighted by atomic mass is 79.9. The van der Waals surface area contributed by atoms with Gasteiger partial charge >= 0.3 is 0 Å². The topological polar surface area (TPSA) is 29.9 Å². The molecular weight excluding hydrogens is 290 g/mol. The maximum atomic E-state index is 4.34. The van der Waals surface area contributed by atoms with Gasteiger partial charge in [-0.2, -0.15) is 5.10 Å². The third-order valence-corrected chi connectivity index (χ3v) is 3.37. The molecule has 3 nitrogen and oxygen atoms in total. The first-order valence-electron chi connectivity index (χ1n) is 6.65. The minimum absolute atomic E-state index is 0.714. The number of hydrogen-bond donors (Lipinski definition) is 1. The van der Waals surface area contributed by atoms with Crippen molar-refractivity contribution in [1.82, 2.24) is 15.1 Å². The lowest BCUT2D eigenvalue weighted by atomic mass is 10.1. The zero-order chi connectivity index (χ0) is 13.5. The Balaban J connectivity index is 2.52. The highest BCUT2D eigenvalue weighted by molar-refractivity contribution is 9.10. The standard InChI is InChI=1S/C14H24BrN3/c1-5-18-14(13(15)10-17-18)12(4)7-6-8-16-9-11(2)3/h7,10-11,16H,5-6,8-9H2,1-4H3. The molecule has 1 aromatic rings. The Hall–Kier alpha value is -0.610. The maximum Gasteiger partial charge on any atom is 0.0778 e. The smallest absolute Gasteiger partial charge is 0.0778 e. The average Bonchev–Trinajstić information content (AvgIpc) is 2.69. The first kappa shape index (κ1) is 15.4. The number of hydrogen-bond acceptors (Lipinski definition) is 2. The predicted molar refractivity (Wildman–Crippen MR) is 81.6 cm³/mol. The second-order valence-corrected chi connectivity index (χ2v) is 5.78. The van der Waals surface area contributed by atoms with Gasteiger partial charge in [0.15, 0.2) is 0 Å². The van der Waals surface area contributed by atoms with E-state index in [4.69, 9.17) is 0 Å². The van der Waals surface area contributed by atoms with Crippen LogP contribution in [0.5, 0.6) is 0 Å². The number of halogens is 1. The van der Waals surface area contributed by atoms with E-state index < -0.39 is 0 Å². The van der Waals surface area contributed by atoms with Gasteiger partial charge < -0.3 is 5.32 Å². The molecular formula is C14H24BrN3. The van der Waals surface area contributed by atoms with Gasteiger partial charge in [0, 0.05) is 6.54 Å². The van der Waals surface area contributed by atoms with Crippen molar-refractivity contribution in [2.45, 2.75) is 40.7 Å². The number of nitrogens with zero attached hydrogens (tertiary/aromatic N) is 2. The van der Waals surface area contributed by atoms with E-state index in [0.29, 0.717) is 5.92 Å². The molecule has 4 heteroatoms. The fourth-order valence-electron chi connectivity index (χ4n) is 1.87. The zero-order valence-electron chi connectivity index (χ0n) is 11.8. The molecule has 0 aromatic carbocycles. The summed E-state index contributed by atoms with van der Waals surface area (Å²) in [6.07, 6.45) is 5.20. The summed E-state index contributed by atoms with van der Waals surface area (Å²) in [7, 11) is 0. The molecule has 0 saturated carbocycles. The third kappa shape index (κ3) is 4.58. The van der Waals surface area contributed by atoms with Crippen LogP contribution >= 0.6 is 15.9 Å². The van der Waals surface area contributed by atoms with Crippen LogP contribution in [0.2, 0.25) is 0 Å². The Morgan fingerprint density at radius 2 is 2.28 bits per heavy atom. The summed E-state index contributed by atoms with van der Waals surface area (Å²) in [5, 5.41) is 7.79. The van der Waals surface area contributed by atoms with Crippen LogP contribution in [0.4, 0.5) is 0 Å². The molecule has 0 saturated heterocycles. The Bertz CT molecular complexity index is 394. The van der Waals surface area contributed by atoms with Gasteiger partial charge in [-0.25, -0.2) is 0 Å². The van der Waals surface area contributed by atoms with Crippen LogP contribution in [0.1, 0.15) is 39.8 Å². The SMILES string of the molecule is CCn1ncc(Br)c1C(C)=CCCNCC(C)C. The summed E-state index contributed by atoms with van der Waals surface area (Å²) in [5.41, 5.74) is 2.48. The van der Waals surface area contributed by atoms with E-state index >= 15 is 0 Å². The molecule has 1 N–H and O–H groups in total. The van der Waals surface area contributed by atoms with Gasteiger partial charge in [-0.15, -0.1) is 0 Å². The van der Waals surface area contributed by atoms with Crippen molar-refractivity contribution in [2.24, 2.45) is 5.92 Å². The molecule has 0 amide bonds. The summed E-state index contributed by atoms with van der Waals surface area (Å²) in [6, 6.07) is 0. The molecule has 0 atom stereocenters. The molecule has 18 heavy (non-hydrogen) atoms. The monoisotopic (exact) mass is 313 g/mol. The molecule has 1 rings (SSSR count). The van der Waals surface area contributed by atoms with E-state index in [-0.39, 0.29) is 0 Å². The molecule has 0 spiro atoms. The average molecular weight is 314 g/mol. The quantitative estimate of drug-likeness (QED) is 0.778. The van der Waals surface area contributed by atoms with Gasteiger partial charge in [0.2, 0.25) is 0 Å². The summed E-state index contributed by atoms with van der Waals surface area (Å²) in [6.45, 7) is 11.7. The minimum Gasteiger partial charge on any atom is -0.316 e. The van der Waals surface area contributed by atoms with E-state index in [2.05, 4.69) is 60.1 Å². The number of rotatable bonds is 7. The minimum atomic E-state index is 0.714. The molecule has 0 aliphatic carbocycles. The molecule has 0 radical (unpaired) electrons. The summed E-state index contributed by atoms with van der Waals surface area (Å²) >= 11 is 3.56. The van der Waals surface area contributed by atoms with Gasteiger partial charge in [-0.3, -0.25) is 4.68 Å². The van der Waals surface area contributed by atoms with Gasteiger partial charge in [0.05, 0.1) is 16.4 Å². The van der Waals surface area contributed by atoms with E-state index in [1.165, 1.54) is 11.3 Å². The zero-order valence-corrected chi connectivity index (χ0v) is 13.4. The van der Waals surface area contributed by atoms with E-state index in [0.717, 1.165) is 30.5 Å². The van der Waals surface area contributed by atoms with Crippen molar-refractivity contribution >= 4 is 21.5 Å². The summed E-state index contributed by atoms with van der Waals surface area (Å²) in [5.74, 6) is 0.714. The fourth-order valence-corrected chi connectivity index (χ4v) is 2.48. The fraction of sp³-hybridized carbons (Fsp3) is 0.643. The van der Waals surface area contributed by atoms with Crippen molar-refractivity contribution in [3.8, 4) is 0 Å². The van der Waals surface area contributed by atoms with Crippen molar-refractivity contribution in [3.63, 3.8) is 0 Å². The highest BCUT2D eigenvalue weighted by Crippen LogP contribution is 2.24. The van der Waals surface area contributed by atoms with Crippen molar-refractivity contribution in [3.05, 3.63) is 22.4 Å². The lowest BCUT2D eigenvalue weighted by Crippen LogP contribution is -2.20. The Morgan fingerprint density at radius 3 is 2.89 bits per heavy atom. The summed E-state index contributed by atoms with van der Waals surface area (Å²) < 4.78 is 3.10. The van der Waals surface area contributed by atoms with Gasteiger partial charge in [-0.05, 0) is 60.8 Å². The second kappa shape index (κ2) is 7.74. The van der Waals surface area contributed by atoms with Crippen LogP contribution in [-0.2, 0) is 6.54 Å². The molecule has 0 aliphatic rings. The third-order valence-electron chi connectivity index (χ3n) is 2.79. The Morgan fingerprint density at radius 1 is 1.56 bits per heavy atom. The molecule has 0 bridgehead atoms. The molecule has 0 aliphatic heterocycles. The molecule has 0 fully saturated rings. The lowest BCUT2D eigenvalue weighted by Gasteiger charge is -2.08. The van der Waals surface area contributed by atoms with Gasteiger partial charge in [0.25, 0.3) is 0 Å². The number of allylic oxidation sites excluding steroid dienone is 1. The Kier molecular flexibility index (Phi) is 6.65. The number of aromatic nitrogens is 2. The van der Waals surface area contributed by atoms with E-state index in [1.807, 2.05) is 10.9 Å². The van der Waals surface area contributed by atoms with Crippen LogP contribution in [-0.4, -0.2) is 22.9 Å². The first-order chi connectivity index (χ1) is 8.56. The molecule has 102 valence electrons. The summed E-state index contributed by atoms with van der Waals surface area (Å²) in [4.78, 5) is 0. The van der Waals surface area contributed by atoms with Crippen LogP contribution in [0.15, 0.2) is 16.7 Å². The van der Waals surface area contributed by atoms with Gasteiger partial charge in [-0.1, -0.05) is 19.9 Å². The van der Waals surface area contributed by atoms with Crippen LogP contribution in [0.25, 0.3) is 5.57 Å². The van der Waals surface area contributed by atoms with E-state index in [9.17, 15) is 0 Å². The van der Waals surface area contributed by atoms with Crippen molar-refractivity contribution in [1.29, 1.82) is 0 Å². The Labute approximate surface area is 119 Å². The van der Waals surface area contributed by atoms with Crippen molar-refractivity contribution < 1.29 is 0 Å². The van der Waals surface area contributed by atoms with Crippen LogP contribution < -0.4 is 5.32 Å². The van der Waals surface area contributed by atoms with E-state index in [1.54, 1.807) is 0 Å². The van der Waals surface area contributed by atoms with Crippen LogP contribution in [0, 0.1) is 5.92 Å². The lowest BCUT2D eigenvalue weighted by molar-refractivity contribution is 0.557. The molecule has 1 heterocycles. The maximum absolute atomic E-state index is 4.34. The highest BCUT2D eigenvalue weighted by Gasteiger charge is 2.08. The van der Waals surface area contributed by atoms with Gasteiger partial charge in [0.1, 0.15) is 0 Å². The second-order valence-electron chi connectivity index (χ2n) is 4.93. The van der Waals surface area contributed by atoms with Crippen molar-refractivity contribution in [2.75, 3.05) is 13.1 Å². The predicted octanol–water partition coefficient (Wildman–Crippen LogP) is 3.70. The number of aryl methyl sites for hydroxylation is 1. The number of nitrogens with one attached hydrogen (secondary N) is 1. The normalized spacial score (nSPS) is 12.4. The molecule has 0 unspecified atom stereocenters. The van der Waals surface area contributed by atoms with Crippen LogP contribution in [0.3, 0.4) is 0 Å².